The molecule has 0 aliphatic heterocycles. The van der Waals surface area contributed by atoms with Gasteiger partial charge in [0.2, 0.25) is 0 Å². The summed E-state index contributed by atoms with van der Waals surface area (Å²) in [4.78, 5) is 0. The predicted octanol–water partition coefficient (Wildman–Crippen LogP) is 3.88. The lowest BCUT2D eigenvalue weighted by Gasteiger charge is -2.08. The second-order valence-corrected chi connectivity index (χ2v) is 4.73. The van der Waals surface area contributed by atoms with Crippen molar-refractivity contribution in [3.63, 3.8) is 0 Å². The first-order chi connectivity index (χ1) is 8.29. The molecule has 2 aromatic carbocycles. The molecule has 0 aliphatic rings. The molecule has 0 heterocycles. The van der Waals surface area contributed by atoms with Gasteiger partial charge in [0.15, 0.2) is 0 Å². The lowest BCUT2D eigenvalue weighted by molar-refractivity contribution is 0.304. The van der Waals surface area contributed by atoms with E-state index in [4.69, 9.17) is 9.47 Å². The summed E-state index contributed by atoms with van der Waals surface area (Å²) in [6.07, 6.45) is 0. The molecule has 0 atom stereocenters. The Hall–Kier alpha value is -1.23. The van der Waals surface area contributed by atoms with Crippen molar-refractivity contribution in [2.24, 2.45) is 0 Å². The zero-order valence-corrected chi connectivity index (χ0v) is 11.7. The molecule has 0 unspecified atom stereocenters. The summed E-state index contributed by atoms with van der Waals surface area (Å²) in [5.41, 5.74) is 1.13. The number of rotatable bonds is 4. The van der Waals surface area contributed by atoms with E-state index >= 15 is 0 Å². The van der Waals surface area contributed by atoms with Crippen molar-refractivity contribution in [2.75, 3.05) is 7.11 Å². The molecular weight excluding hydrogens is 327 g/mol. The van der Waals surface area contributed by atoms with E-state index in [-0.39, 0.29) is 0 Å². The first kappa shape index (κ1) is 12.2. The fourth-order valence-corrected chi connectivity index (χ4v) is 1.99. The largest absolute Gasteiger partial charge is 0.497 e. The van der Waals surface area contributed by atoms with Crippen LogP contribution in [0.15, 0.2) is 48.5 Å². The molecule has 17 heavy (non-hydrogen) atoms. The van der Waals surface area contributed by atoms with E-state index in [9.17, 15) is 0 Å². The van der Waals surface area contributed by atoms with Crippen LogP contribution in [0.1, 0.15) is 5.56 Å². The van der Waals surface area contributed by atoms with Crippen LogP contribution in [0.2, 0.25) is 0 Å². The second-order valence-electron chi connectivity index (χ2n) is 3.57. The fourth-order valence-electron chi connectivity index (χ4n) is 1.44. The summed E-state index contributed by atoms with van der Waals surface area (Å²) in [5.74, 6) is 1.78. The Labute approximate surface area is 115 Å². The molecule has 3 heteroatoms. The Morgan fingerprint density at radius 2 is 1.71 bits per heavy atom. The highest BCUT2D eigenvalue weighted by Gasteiger charge is 2.00. The van der Waals surface area contributed by atoms with Crippen molar-refractivity contribution in [3.05, 3.63) is 57.7 Å². The van der Waals surface area contributed by atoms with E-state index in [1.807, 2.05) is 48.5 Å². The third-order valence-electron chi connectivity index (χ3n) is 2.39. The van der Waals surface area contributed by atoms with Gasteiger partial charge in [0, 0.05) is 0 Å². The molecule has 0 amide bonds. The van der Waals surface area contributed by atoms with Gasteiger partial charge in [0.25, 0.3) is 0 Å². The van der Waals surface area contributed by atoms with Gasteiger partial charge in [0.05, 0.1) is 10.7 Å². The average Bonchev–Trinajstić information content (AvgIpc) is 2.38. The third kappa shape index (κ3) is 3.36. The summed E-state index contributed by atoms with van der Waals surface area (Å²) in [6.45, 7) is 0.573. The van der Waals surface area contributed by atoms with Gasteiger partial charge < -0.3 is 9.47 Å². The van der Waals surface area contributed by atoms with Gasteiger partial charge in [-0.3, -0.25) is 0 Å². The Morgan fingerprint density at radius 1 is 1.00 bits per heavy atom. The van der Waals surface area contributed by atoms with E-state index in [1.54, 1.807) is 7.11 Å². The van der Waals surface area contributed by atoms with Gasteiger partial charge in [-0.25, -0.2) is 0 Å². The van der Waals surface area contributed by atoms with Crippen LogP contribution >= 0.6 is 22.6 Å². The highest BCUT2D eigenvalue weighted by molar-refractivity contribution is 14.1. The molecule has 2 aromatic rings. The molecular formula is C14H13IO2. The number of halogens is 1. The molecule has 0 bridgehead atoms. The lowest BCUT2D eigenvalue weighted by Crippen LogP contribution is -1.96. The van der Waals surface area contributed by atoms with Crippen molar-refractivity contribution >= 4 is 22.6 Å². The first-order valence-corrected chi connectivity index (χ1v) is 6.38. The Morgan fingerprint density at radius 3 is 2.35 bits per heavy atom. The summed E-state index contributed by atoms with van der Waals surface area (Å²) in [5, 5.41) is 0. The zero-order chi connectivity index (χ0) is 12.1. The molecule has 2 nitrogen and oxygen atoms in total. The number of para-hydroxylation sites is 1. The molecule has 0 aromatic heterocycles. The molecule has 2 rings (SSSR count). The predicted molar refractivity (Wildman–Crippen MR) is 76.5 cm³/mol. The number of hydrogen-bond acceptors (Lipinski definition) is 2. The van der Waals surface area contributed by atoms with Gasteiger partial charge in [-0.05, 0) is 52.4 Å². The fraction of sp³-hybridized carbons (Fsp3) is 0.143. The normalized spacial score (nSPS) is 10.0. The van der Waals surface area contributed by atoms with Gasteiger partial charge >= 0.3 is 0 Å². The van der Waals surface area contributed by atoms with E-state index in [1.165, 1.54) is 0 Å². The second kappa shape index (κ2) is 5.91. The highest BCUT2D eigenvalue weighted by Crippen LogP contribution is 2.21. The van der Waals surface area contributed by atoms with Crippen molar-refractivity contribution < 1.29 is 9.47 Å². The molecule has 0 N–H and O–H groups in total. The van der Waals surface area contributed by atoms with Crippen molar-refractivity contribution in [1.82, 2.24) is 0 Å². The van der Waals surface area contributed by atoms with Crippen LogP contribution in [-0.4, -0.2) is 7.11 Å². The van der Waals surface area contributed by atoms with Crippen LogP contribution in [0.5, 0.6) is 11.5 Å². The van der Waals surface area contributed by atoms with E-state index in [2.05, 4.69) is 22.6 Å². The van der Waals surface area contributed by atoms with Crippen LogP contribution in [0.25, 0.3) is 0 Å². The zero-order valence-electron chi connectivity index (χ0n) is 9.52. The lowest BCUT2D eigenvalue weighted by atomic mass is 10.2. The Bertz CT molecular complexity index is 480. The highest BCUT2D eigenvalue weighted by atomic mass is 127. The number of methoxy groups -OCH3 is 1. The molecule has 0 saturated heterocycles. The maximum atomic E-state index is 5.75. The summed E-state index contributed by atoms with van der Waals surface area (Å²) < 4.78 is 12.0. The maximum Gasteiger partial charge on any atom is 0.133 e. The Kier molecular flexibility index (Phi) is 4.25. The molecule has 0 saturated carbocycles. The first-order valence-electron chi connectivity index (χ1n) is 5.30. The Balaban J connectivity index is 2.00. The molecule has 0 aliphatic carbocycles. The van der Waals surface area contributed by atoms with Crippen LogP contribution in [0.3, 0.4) is 0 Å². The molecule has 0 spiro atoms. The number of benzene rings is 2. The summed E-state index contributed by atoms with van der Waals surface area (Å²) >= 11 is 2.27. The minimum Gasteiger partial charge on any atom is -0.497 e. The molecule has 88 valence electrons. The molecule has 0 fully saturated rings. The van der Waals surface area contributed by atoms with Gasteiger partial charge in [-0.15, -0.1) is 0 Å². The SMILES string of the molecule is COc1ccc(COc2ccccc2I)cc1. The van der Waals surface area contributed by atoms with Gasteiger partial charge in [0.1, 0.15) is 18.1 Å². The third-order valence-corrected chi connectivity index (χ3v) is 3.28. The maximum absolute atomic E-state index is 5.75. The number of hydrogen-bond donors (Lipinski definition) is 0. The van der Waals surface area contributed by atoms with Gasteiger partial charge in [-0.2, -0.15) is 0 Å². The van der Waals surface area contributed by atoms with Crippen molar-refractivity contribution in [2.45, 2.75) is 6.61 Å². The van der Waals surface area contributed by atoms with E-state index < -0.39 is 0 Å². The summed E-state index contributed by atoms with van der Waals surface area (Å²) in [6, 6.07) is 15.9. The van der Waals surface area contributed by atoms with Crippen LogP contribution in [-0.2, 0) is 6.61 Å². The minimum absolute atomic E-state index is 0.573. The van der Waals surface area contributed by atoms with Crippen LogP contribution in [0, 0.1) is 3.57 Å². The van der Waals surface area contributed by atoms with Crippen LogP contribution in [0.4, 0.5) is 0 Å². The van der Waals surface area contributed by atoms with E-state index in [0.29, 0.717) is 6.61 Å². The standard InChI is InChI=1S/C14H13IO2/c1-16-12-8-6-11(7-9-12)10-17-14-5-3-2-4-13(14)15/h2-9H,10H2,1H3. The van der Waals surface area contributed by atoms with Crippen molar-refractivity contribution in [3.8, 4) is 11.5 Å². The average molecular weight is 340 g/mol. The van der Waals surface area contributed by atoms with Crippen molar-refractivity contribution in [1.29, 1.82) is 0 Å². The summed E-state index contributed by atoms with van der Waals surface area (Å²) in [7, 11) is 1.66. The molecule has 0 radical (unpaired) electrons. The van der Waals surface area contributed by atoms with Crippen LogP contribution < -0.4 is 9.47 Å². The monoisotopic (exact) mass is 340 g/mol. The smallest absolute Gasteiger partial charge is 0.133 e. The topological polar surface area (TPSA) is 18.5 Å². The number of ether oxygens (including phenoxy) is 2. The van der Waals surface area contributed by atoms with E-state index in [0.717, 1.165) is 20.6 Å². The quantitative estimate of drug-likeness (QED) is 0.787. The van der Waals surface area contributed by atoms with Gasteiger partial charge in [-0.1, -0.05) is 24.3 Å². The minimum atomic E-state index is 0.573.